The molecule has 1 aliphatic carbocycles. The maximum atomic E-state index is 4.65. The molecule has 8 heteroatoms. The van der Waals surface area contributed by atoms with Gasteiger partial charge in [0.15, 0.2) is 0 Å². The first-order chi connectivity index (χ1) is 12.3. The monoisotopic (exact) mass is 334 g/mol. The summed E-state index contributed by atoms with van der Waals surface area (Å²) in [5.74, 6) is 1.27. The third-order valence-electron chi connectivity index (χ3n) is 4.63. The molecular weight excluding hydrogens is 316 g/mol. The standard InChI is InChI=1S/C17H18N8/c1-2-12(15-9-24-7-3-6-18-17(24)21-15)20-14-8-13(11-4-5-11)23-25-10-19-22-16(14)25/h3,6-12,20H,2,4-5H2,1H3. The van der Waals surface area contributed by atoms with Crippen molar-refractivity contribution in [2.24, 2.45) is 0 Å². The highest BCUT2D eigenvalue weighted by Gasteiger charge is 2.27. The average molecular weight is 334 g/mol. The molecule has 1 aliphatic rings. The molecule has 0 aromatic carbocycles. The minimum absolute atomic E-state index is 0.0663. The number of aromatic nitrogens is 7. The molecule has 0 radical (unpaired) electrons. The van der Waals surface area contributed by atoms with E-state index in [9.17, 15) is 0 Å². The number of rotatable bonds is 5. The summed E-state index contributed by atoms with van der Waals surface area (Å²) in [4.78, 5) is 8.95. The zero-order chi connectivity index (χ0) is 16.8. The van der Waals surface area contributed by atoms with Crippen LogP contribution < -0.4 is 5.32 Å². The Morgan fingerprint density at radius 2 is 2.28 bits per heavy atom. The Kier molecular flexibility index (Phi) is 3.16. The van der Waals surface area contributed by atoms with Crippen LogP contribution in [0.2, 0.25) is 0 Å². The molecule has 0 bridgehead atoms. The summed E-state index contributed by atoms with van der Waals surface area (Å²) in [6.07, 6.45) is 10.7. The van der Waals surface area contributed by atoms with Crippen LogP contribution in [0.25, 0.3) is 11.4 Å². The Morgan fingerprint density at radius 1 is 1.36 bits per heavy atom. The summed E-state index contributed by atoms with van der Waals surface area (Å²) in [7, 11) is 0. The van der Waals surface area contributed by atoms with Gasteiger partial charge in [-0.05, 0) is 31.4 Å². The van der Waals surface area contributed by atoms with Crippen molar-refractivity contribution in [1.29, 1.82) is 0 Å². The highest BCUT2D eigenvalue weighted by molar-refractivity contribution is 5.67. The SMILES string of the molecule is CCC(Nc1cc(C2CC2)nn2cnnc12)c1cn2cccnc2n1. The molecule has 5 rings (SSSR count). The number of nitrogens with zero attached hydrogens (tertiary/aromatic N) is 7. The topological polar surface area (TPSA) is 85.3 Å². The summed E-state index contributed by atoms with van der Waals surface area (Å²) in [6, 6.07) is 4.08. The summed E-state index contributed by atoms with van der Waals surface area (Å²) in [5.41, 5.74) is 3.75. The molecule has 4 aromatic heterocycles. The third kappa shape index (κ3) is 2.50. The second-order valence-electron chi connectivity index (χ2n) is 6.45. The molecular formula is C17H18N8. The van der Waals surface area contributed by atoms with Crippen LogP contribution in [0.5, 0.6) is 0 Å². The molecule has 25 heavy (non-hydrogen) atoms. The lowest BCUT2D eigenvalue weighted by atomic mass is 10.1. The van der Waals surface area contributed by atoms with Crippen molar-refractivity contribution in [3.63, 3.8) is 0 Å². The molecule has 0 aliphatic heterocycles. The fourth-order valence-corrected chi connectivity index (χ4v) is 3.12. The van der Waals surface area contributed by atoms with Crippen molar-refractivity contribution in [1.82, 2.24) is 34.2 Å². The van der Waals surface area contributed by atoms with Crippen molar-refractivity contribution in [3.05, 3.63) is 48.4 Å². The lowest BCUT2D eigenvalue weighted by Gasteiger charge is -2.17. The van der Waals surface area contributed by atoms with Gasteiger partial charge < -0.3 is 5.32 Å². The molecule has 0 spiro atoms. The molecule has 1 unspecified atom stereocenters. The minimum Gasteiger partial charge on any atom is -0.373 e. The van der Waals surface area contributed by atoms with Gasteiger partial charge in [-0.25, -0.2) is 9.97 Å². The molecule has 0 amide bonds. The van der Waals surface area contributed by atoms with Crippen LogP contribution in [0.4, 0.5) is 5.69 Å². The van der Waals surface area contributed by atoms with Gasteiger partial charge in [-0.1, -0.05) is 6.92 Å². The van der Waals surface area contributed by atoms with Crippen LogP contribution in [-0.2, 0) is 0 Å². The van der Waals surface area contributed by atoms with Gasteiger partial charge in [-0.15, -0.1) is 10.2 Å². The first-order valence-corrected chi connectivity index (χ1v) is 8.59. The smallest absolute Gasteiger partial charge is 0.233 e. The van der Waals surface area contributed by atoms with Gasteiger partial charge in [-0.2, -0.15) is 9.61 Å². The number of hydrogen-bond acceptors (Lipinski definition) is 6. The highest BCUT2D eigenvalue weighted by Crippen LogP contribution is 2.40. The van der Waals surface area contributed by atoms with Gasteiger partial charge >= 0.3 is 0 Å². The number of anilines is 1. The molecule has 8 nitrogen and oxygen atoms in total. The van der Waals surface area contributed by atoms with Crippen molar-refractivity contribution in [2.75, 3.05) is 5.32 Å². The zero-order valence-corrected chi connectivity index (χ0v) is 13.9. The van der Waals surface area contributed by atoms with Crippen molar-refractivity contribution < 1.29 is 0 Å². The van der Waals surface area contributed by atoms with Gasteiger partial charge in [0.25, 0.3) is 0 Å². The van der Waals surface area contributed by atoms with Gasteiger partial charge in [0.05, 0.1) is 23.1 Å². The Morgan fingerprint density at radius 3 is 3.08 bits per heavy atom. The maximum absolute atomic E-state index is 4.65. The van der Waals surface area contributed by atoms with Crippen LogP contribution in [0.15, 0.2) is 37.1 Å². The highest BCUT2D eigenvalue weighted by atomic mass is 15.3. The van der Waals surface area contributed by atoms with Crippen LogP contribution in [0.1, 0.15) is 49.5 Å². The minimum atomic E-state index is 0.0663. The second-order valence-corrected chi connectivity index (χ2v) is 6.45. The Labute approximate surface area is 143 Å². The predicted molar refractivity (Wildman–Crippen MR) is 92.4 cm³/mol. The van der Waals surface area contributed by atoms with E-state index in [0.717, 1.165) is 29.1 Å². The van der Waals surface area contributed by atoms with Crippen LogP contribution in [0.3, 0.4) is 0 Å². The van der Waals surface area contributed by atoms with E-state index in [2.05, 4.69) is 43.6 Å². The van der Waals surface area contributed by atoms with Gasteiger partial charge in [-0.3, -0.25) is 4.40 Å². The van der Waals surface area contributed by atoms with Crippen LogP contribution in [0, 0.1) is 0 Å². The largest absolute Gasteiger partial charge is 0.373 e. The van der Waals surface area contributed by atoms with Crippen LogP contribution in [-0.4, -0.2) is 34.2 Å². The van der Waals surface area contributed by atoms with E-state index >= 15 is 0 Å². The van der Waals surface area contributed by atoms with Gasteiger partial charge in [0.1, 0.15) is 6.33 Å². The van der Waals surface area contributed by atoms with Gasteiger partial charge in [0, 0.05) is 24.5 Å². The average Bonchev–Trinajstić information content (AvgIpc) is 3.22. The third-order valence-corrected chi connectivity index (χ3v) is 4.63. The molecule has 4 aromatic rings. The maximum Gasteiger partial charge on any atom is 0.233 e. The predicted octanol–water partition coefficient (Wildman–Crippen LogP) is 2.61. The number of imidazole rings is 1. The first kappa shape index (κ1) is 14.3. The quantitative estimate of drug-likeness (QED) is 0.604. The molecule has 1 atom stereocenters. The second kappa shape index (κ2) is 5.51. The fraction of sp³-hybridized carbons (Fsp3) is 0.353. The number of fused-ring (bicyclic) bond motifs is 2. The molecule has 1 fully saturated rings. The van der Waals surface area contributed by atoms with E-state index in [0.29, 0.717) is 11.7 Å². The van der Waals surface area contributed by atoms with E-state index in [4.69, 9.17) is 0 Å². The zero-order valence-electron chi connectivity index (χ0n) is 13.9. The van der Waals surface area contributed by atoms with E-state index in [1.165, 1.54) is 12.8 Å². The van der Waals surface area contributed by atoms with E-state index in [1.54, 1.807) is 17.0 Å². The fourth-order valence-electron chi connectivity index (χ4n) is 3.12. The van der Waals surface area contributed by atoms with E-state index in [-0.39, 0.29) is 6.04 Å². The normalized spacial score (nSPS) is 15.7. The van der Waals surface area contributed by atoms with E-state index in [1.807, 2.05) is 22.9 Å². The molecule has 1 saturated carbocycles. The van der Waals surface area contributed by atoms with Gasteiger partial charge in [0.2, 0.25) is 11.4 Å². The Balaban J connectivity index is 1.54. The lowest BCUT2D eigenvalue weighted by Crippen LogP contribution is -2.12. The summed E-state index contributed by atoms with van der Waals surface area (Å²) >= 11 is 0. The van der Waals surface area contributed by atoms with Crippen molar-refractivity contribution >= 4 is 17.1 Å². The first-order valence-electron chi connectivity index (χ1n) is 8.59. The summed E-state index contributed by atoms with van der Waals surface area (Å²) in [5, 5.41) is 16.4. The lowest BCUT2D eigenvalue weighted by molar-refractivity contribution is 0.726. The summed E-state index contributed by atoms with van der Waals surface area (Å²) in [6.45, 7) is 2.14. The molecule has 4 heterocycles. The number of nitrogens with one attached hydrogen (secondary N) is 1. The van der Waals surface area contributed by atoms with Crippen LogP contribution >= 0.6 is 0 Å². The molecule has 1 N–H and O–H groups in total. The van der Waals surface area contributed by atoms with Crippen molar-refractivity contribution in [2.45, 2.75) is 38.1 Å². The molecule has 126 valence electrons. The molecule has 0 saturated heterocycles. The number of hydrogen-bond donors (Lipinski definition) is 1. The van der Waals surface area contributed by atoms with Crippen molar-refractivity contribution in [3.8, 4) is 0 Å². The summed E-state index contributed by atoms with van der Waals surface area (Å²) < 4.78 is 3.70. The Bertz CT molecular complexity index is 1010. The Hall–Kier alpha value is -3.03. The van der Waals surface area contributed by atoms with E-state index < -0.39 is 0 Å².